The number of carbonyl (C=O) groups excluding carboxylic acids is 1. The number of carboxylic acids is 1. The molecule has 1 atom stereocenters. The van der Waals surface area contributed by atoms with Crippen LogP contribution >= 0.6 is 0 Å². The monoisotopic (exact) mass is 247 g/mol. The first-order chi connectivity index (χ1) is 7.91. The quantitative estimate of drug-likeness (QED) is 0.766. The lowest BCUT2D eigenvalue weighted by Gasteiger charge is -2.33. The third kappa shape index (κ3) is 2.73. The largest absolute Gasteiger partial charge is 0.481 e. The van der Waals surface area contributed by atoms with Gasteiger partial charge in [-0.15, -0.1) is 0 Å². The molecule has 2 rings (SSSR count). The number of carbonyl (C=O) groups is 2. The van der Waals surface area contributed by atoms with E-state index in [1.165, 1.54) is 4.90 Å². The van der Waals surface area contributed by atoms with Gasteiger partial charge in [-0.1, -0.05) is 0 Å². The lowest BCUT2D eigenvalue weighted by molar-refractivity contribution is -0.154. The molecule has 1 aliphatic heterocycles. The fourth-order valence-corrected chi connectivity index (χ4v) is 2.19. The molecule has 4 nitrogen and oxygen atoms in total. The first-order valence-corrected chi connectivity index (χ1v) is 5.80. The number of halogens is 2. The average Bonchev–Trinajstić information content (AvgIpc) is 3.01. The van der Waals surface area contributed by atoms with Crippen LogP contribution in [0.15, 0.2) is 0 Å². The van der Waals surface area contributed by atoms with Crippen molar-refractivity contribution in [3.05, 3.63) is 0 Å². The van der Waals surface area contributed by atoms with E-state index in [1.54, 1.807) is 0 Å². The van der Waals surface area contributed by atoms with E-state index in [9.17, 15) is 18.4 Å². The molecule has 17 heavy (non-hydrogen) atoms. The molecule has 0 bridgehead atoms. The number of hydrogen-bond donors (Lipinski definition) is 1. The summed E-state index contributed by atoms with van der Waals surface area (Å²) < 4.78 is 25.8. The maximum absolute atomic E-state index is 12.9. The van der Waals surface area contributed by atoms with Crippen molar-refractivity contribution in [3.63, 3.8) is 0 Å². The van der Waals surface area contributed by atoms with Crippen molar-refractivity contribution in [3.8, 4) is 0 Å². The zero-order valence-corrected chi connectivity index (χ0v) is 9.36. The molecule has 1 unspecified atom stereocenters. The van der Waals surface area contributed by atoms with Gasteiger partial charge in [-0.2, -0.15) is 0 Å². The summed E-state index contributed by atoms with van der Waals surface area (Å²) in [6.45, 7) is -0.0787. The maximum atomic E-state index is 12.9. The smallest absolute Gasteiger partial charge is 0.316 e. The molecule has 0 aromatic carbocycles. The molecule has 6 heteroatoms. The van der Waals surface area contributed by atoms with Gasteiger partial charge in [-0.3, -0.25) is 9.59 Å². The summed E-state index contributed by atoms with van der Waals surface area (Å²) in [5.74, 6) is -5.45. The highest BCUT2D eigenvalue weighted by Gasteiger charge is 2.45. The highest BCUT2D eigenvalue weighted by molar-refractivity contribution is 5.97. The lowest BCUT2D eigenvalue weighted by atomic mass is 9.99. The van der Waals surface area contributed by atoms with E-state index in [1.807, 2.05) is 0 Å². The first-order valence-electron chi connectivity index (χ1n) is 5.80. The van der Waals surface area contributed by atoms with Crippen LogP contribution in [0.3, 0.4) is 0 Å². The molecule has 2 fully saturated rings. The molecule has 1 aliphatic carbocycles. The molecule has 0 aromatic heterocycles. The van der Waals surface area contributed by atoms with Crippen LogP contribution in [0.25, 0.3) is 0 Å². The summed E-state index contributed by atoms with van der Waals surface area (Å²) >= 11 is 0. The number of piperidine rings is 1. The van der Waals surface area contributed by atoms with Gasteiger partial charge >= 0.3 is 5.97 Å². The summed E-state index contributed by atoms with van der Waals surface area (Å²) in [5, 5.41) is 8.99. The Morgan fingerprint density at radius 2 is 1.76 bits per heavy atom. The fraction of sp³-hybridized carbons (Fsp3) is 0.818. The Morgan fingerprint density at radius 3 is 2.18 bits per heavy atom. The minimum Gasteiger partial charge on any atom is -0.481 e. The zero-order valence-electron chi connectivity index (χ0n) is 9.36. The van der Waals surface area contributed by atoms with E-state index in [2.05, 4.69) is 0 Å². The fourth-order valence-electron chi connectivity index (χ4n) is 2.19. The molecule has 1 saturated heterocycles. The summed E-state index contributed by atoms with van der Waals surface area (Å²) in [7, 11) is 0. The van der Waals surface area contributed by atoms with Crippen LogP contribution in [0.5, 0.6) is 0 Å². The normalized spacial score (nSPS) is 25.4. The highest BCUT2D eigenvalue weighted by atomic mass is 19.3. The third-order valence-corrected chi connectivity index (χ3v) is 3.43. The molecule has 1 heterocycles. The Hall–Kier alpha value is -1.20. The second kappa shape index (κ2) is 4.23. The third-order valence-electron chi connectivity index (χ3n) is 3.43. The number of hydrogen-bond acceptors (Lipinski definition) is 2. The van der Waals surface area contributed by atoms with Crippen LogP contribution < -0.4 is 0 Å². The van der Waals surface area contributed by atoms with E-state index in [-0.39, 0.29) is 31.8 Å². The van der Waals surface area contributed by atoms with Gasteiger partial charge in [0.2, 0.25) is 5.91 Å². The predicted molar refractivity (Wildman–Crippen MR) is 54.6 cm³/mol. The van der Waals surface area contributed by atoms with Crippen molar-refractivity contribution in [2.24, 2.45) is 11.8 Å². The second-order valence-corrected chi connectivity index (χ2v) is 4.83. The summed E-state index contributed by atoms with van der Waals surface area (Å²) in [6.07, 6.45) is 0.755. The van der Waals surface area contributed by atoms with Crippen molar-refractivity contribution in [2.75, 3.05) is 13.1 Å². The Kier molecular flexibility index (Phi) is 3.05. The van der Waals surface area contributed by atoms with Crippen molar-refractivity contribution in [1.29, 1.82) is 0 Å². The number of likely N-dealkylation sites (tertiary alicyclic amines) is 1. The molecule has 1 N–H and O–H groups in total. The summed E-state index contributed by atoms with van der Waals surface area (Å²) in [5.41, 5.74) is 0. The van der Waals surface area contributed by atoms with Gasteiger partial charge in [0.25, 0.3) is 5.92 Å². The SMILES string of the molecule is O=C(O)C(C(=O)N1CCC(F)(F)CC1)C1CC1. The van der Waals surface area contributed by atoms with E-state index >= 15 is 0 Å². The maximum Gasteiger partial charge on any atom is 0.316 e. The molecule has 1 saturated carbocycles. The van der Waals surface area contributed by atoms with E-state index in [4.69, 9.17) is 5.11 Å². The standard InChI is InChI=1S/C11H15F2NO3/c12-11(13)3-5-14(6-4-11)9(15)8(10(16)17)7-1-2-7/h7-8H,1-6H2,(H,16,17). The van der Waals surface area contributed by atoms with Gasteiger partial charge in [0.1, 0.15) is 5.92 Å². The second-order valence-electron chi connectivity index (χ2n) is 4.83. The van der Waals surface area contributed by atoms with Gasteiger partial charge in [-0.05, 0) is 18.8 Å². The number of rotatable bonds is 3. The van der Waals surface area contributed by atoms with Crippen LogP contribution in [-0.4, -0.2) is 40.9 Å². The highest BCUT2D eigenvalue weighted by Crippen LogP contribution is 2.39. The van der Waals surface area contributed by atoms with Gasteiger partial charge < -0.3 is 10.0 Å². The minimum absolute atomic E-state index is 0.0394. The summed E-state index contributed by atoms with van der Waals surface area (Å²) in [4.78, 5) is 24.2. The van der Waals surface area contributed by atoms with Gasteiger partial charge in [0.15, 0.2) is 0 Å². The number of nitrogens with zero attached hydrogens (tertiary/aromatic N) is 1. The zero-order chi connectivity index (χ0) is 12.6. The molecule has 2 aliphatic rings. The number of carboxylic acid groups (broad SMARTS) is 1. The van der Waals surface area contributed by atoms with Crippen LogP contribution in [0, 0.1) is 11.8 Å². The van der Waals surface area contributed by atoms with Crippen molar-refractivity contribution in [1.82, 2.24) is 4.90 Å². The molecular formula is C11H15F2NO3. The van der Waals surface area contributed by atoms with Gasteiger partial charge in [0.05, 0.1) is 0 Å². The topological polar surface area (TPSA) is 57.6 Å². The summed E-state index contributed by atoms with van der Waals surface area (Å²) in [6, 6.07) is 0. The van der Waals surface area contributed by atoms with Crippen molar-refractivity contribution >= 4 is 11.9 Å². The van der Waals surface area contributed by atoms with Crippen LogP contribution in [0.2, 0.25) is 0 Å². The molecule has 0 aromatic rings. The van der Waals surface area contributed by atoms with Crippen molar-refractivity contribution in [2.45, 2.75) is 31.6 Å². The number of amides is 1. The Bertz CT molecular complexity index is 332. The Labute approximate surface area is 97.6 Å². The molecule has 96 valence electrons. The van der Waals surface area contributed by atoms with Gasteiger partial charge in [0, 0.05) is 25.9 Å². The van der Waals surface area contributed by atoms with E-state index < -0.39 is 23.7 Å². The van der Waals surface area contributed by atoms with Crippen LogP contribution in [0.4, 0.5) is 8.78 Å². The van der Waals surface area contributed by atoms with E-state index in [0.29, 0.717) is 0 Å². The number of aliphatic carboxylic acids is 1. The predicted octanol–water partition coefficient (Wildman–Crippen LogP) is 1.35. The lowest BCUT2D eigenvalue weighted by Crippen LogP contribution is -2.47. The molecular weight excluding hydrogens is 232 g/mol. The average molecular weight is 247 g/mol. The minimum atomic E-state index is -2.71. The van der Waals surface area contributed by atoms with Crippen molar-refractivity contribution < 1.29 is 23.5 Å². The van der Waals surface area contributed by atoms with Crippen LogP contribution in [0.1, 0.15) is 25.7 Å². The Balaban J connectivity index is 1.97. The van der Waals surface area contributed by atoms with E-state index in [0.717, 1.165) is 12.8 Å². The molecule has 0 spiro atoms. The first kappa shape index (κ1) is 12.3. The molecule has 1 amide bonds. The Morgan fingerprint density at radius 1 is 1.24 bits per heavy atom. The van der Waals surface area contributed by atoms with Gasteiger partial charge in [-0.25, -0.2) is 8.78 Å². The molecule has 0 radical (unpaired) electrons. The van der Waals surface area contributed by atoms with Crippen LogP contribution in [-0.2, 0) is 9.59 Å². The number of alkyl halides is 2.